The number of aromatic nitrogens is 2. The second kappa shape index (κ2) is 7.14. The SMILES string of the molecule is CC(C)(C)OC(=O)N(Cc1c(F)ccc2nsnc12)C(=O)OC(C)(C)C. The number of ether oxygens (including phenoxy) is 2. The van der Waals surface area contributed by atoms with Gasteiger partial charge in [-0.15, -0.1) is 0 Å². The average molecular weight is 383 g/mol. The molecule has 0 aliphatic carbocycles. The Balaban J connectivity index is 2.39. The zero-order valence-electron chi connectivity index (χ0n) is 15.6. The third-order valence-corrected chi connectivity index (χ3v) is 3.56. The predicted octanol–water partition coefficient (Wildman–Crippen LogP) is 4.50. The molecule has 0 bridgehead atoms. The number of amides is 2. The Labute approximate surface area is 155 Å². The van der Waals surface area contributed by atoms with Crippen molar-refractivity contribution in [1.82, 2.24) is 13.6 Å². The summed E-state index contributed by atoms with van der Waals surface area (Å²) in [6, 6.07) is 2.71. The molecule has 7 nitrogen and oxygen atoms in total. The van der Waals surface area contributed by atoms with Crippen molar-refractivity contribution in [3.8, 4) is 0 Å². The first kappa shape index (κ1) is 20.0. The molecule has 1 aromatic carbocycles. The van der Waals surface area contributed by atoms with Crippen LogP contribution in [0.15, 0.2) is 12.1 Å². The molecule has 142 valence electrons. The topological polar surface area (TPSA) is 81.6 Å². The molecule has 2 rings (SSSR count). The molecule has 1 aromatic heterocycles. The number of nitrogens with zero attached hydrogens (tertiary/aromatic N) is 3. The Kier molecular flexibility index (Phi) is 5.50. The Morgan fingerprint density at radius 1 is 1.04 bits per heavy atom. The van der Waals surface area contributed by atoms with E-state index in [0.29, 0.717) is 11.0 Å². The number of carbonyl (C=O) groups is 2. The fraction of sp³-hybridized carbons (Fsp3) is 0.529. The van der Waals surface area contributed by atoms with Crippen LogP contribution in [0, 0.1) is 5.82 Å². The predicted molar refractivity (Wildman–Crippen MR) is 95.4 cm³/mol. The van der Waals surface area contributed by atoms with Crippen molar-refractivity contribution in [2.24, 2.45) is 0 Å². The number of rotatable bonds is 2. The van der Waals surface area contributed by atoms with Crippen molar-refractivity contribution in [3.63, 3.8) is 0 Å². The maximum atomic E-state index is 14.4. The van der Waals surface area contributed by atoms with Gasteiger partial charge < -0.3 is 9.47 Å². The lowest BCUT2D eigenvalue weighted by atomic mass is 10.1. The third kappa shape index (κ3) is 5.10. The molecule has 0 fully saturated rings. The molecule has 9 heteroatoms. The van der Waals surface area contributed by atoms with Crippen LogP contribution in [0.3, 0.4) is 0 Å². The van der Waals surface area contributed by atoms with Gasteiger partial charge in [0.25, 0.3) is 0 Å². The van der Waals surface area contributed by atoms with E-state index in [1.165, 1.54) is 12.1 Å². The van der Waals surface area contributed by atoms with Crippen molar-refractivity contribution >= 4 is 34.9 Å². The summed E-state index contributed by atoms with van der Waals surface area (Å²) in [6.07, 6.45) is -1.85. The Morgan fingerprint density at radius 2 is 1.58 bits per heavy atom. The molecule has 2 amide bonds. The van der Waals surface area contributed by atoms with E-state index in [9.17, 15) is 14.0 Å². The summed E-state index contributed by atoms with van der Waals surface area (Å²) in [5, 5.41) is 0. The summed E-state index contributed by atoms with van der Waals surface area (Å²) >= 11 is 0.922. The van der Waals surface area contributed by atoms with Crippen molar-refractivity contribution in [1.29, 1.82) is 0 Å². The van der Waals surface area contributed by atoms with Gasteiger partial charge in [0.05, 0.1) is 18.3 Å². The first-order valence-corrected chi connectivity index (χ1v) is 8.73. The summed E-state index contributed by atoms with van der Waals surface area (Å²) in [5.41, 5.74) is -0.798. The molecule has 0 atom stereocenters. The Bertz CT molecular complexity index is 796. The van der Waals surface area contributed by atoms with Gasteiger partial charge in [0, 0.05) is 5.56 Å². The second-order valence-electron chi connectivity index (χ2n) is 7.70. The van der Waals surface area contributed by atoms with E-state index in [2.05, 4.69) is 8.75 Å². The largest absolute Gasteiger partial charge is 0.443 e. The Morgan fingerprint density at radius 3 is 2.08 bits per heavy atom. The molecular weight excluding hydrogens is 361 g/mol. The highest BCUT2D eigenvalue weighted by Crippen LogP contribution is 2.24. The van der Waals surface area contributed by atoms with Crippen LogP contribution in [0.5, 0.6) is 0 Å². The van der Waals surface area contributed by atoms with Crippen molar-refractivity contribution in [3.05, 3.63) is 23.5 Å². The van der Waals surface area contributed by atoms with Gasteiger partial charge >= 0.3 is 12.2 Å². The minimum atomic E-state index is -0.925. The lowest BCUT2D eigenvalue weighted by Gasteiger charge is -2.28. The van der Waals surface area contributed by atoms with Crippen LogP contribution in [0.2, 0.25) is 0 Å². The van der Waals surface area contributed by atoms with Gasteiger partial charge in [0.2, 0.25) is 0 Å². The number of hydrogen-bond acceptors (Lipinski definition) is 7. The molecule has 1 heterocycles. The minimum Gasteiger partial charge on any atom is -0.443 e. The van der Waals surface area contributed by atoms with Crippen LogP contribution >= 0.6 is 11.7 Å². The minimum absolute atomic E-state index is 0.0768. The number of benzene rings is 1. The van der Waals surface area contributed by atoms with Gasteiger partial charge in [-0.1, -0.05) is 0 Å². The highest BCUT2D eigenvalue weighted by atomic mass is 32.1. The summed E-state index contributed by atoms with van der Waals surface area (Å²) in [4.78, 5) is 25.8. The second-order valence-corrected chi connectivity index (χ2v) is 8.23. The fourth-order valence-corrected chi connectivity index (χ4v) is 2.59. The summed E-state index contributed by atoms with van der Waals surface area (Å²) in [5.74, 6) is -0.595. The van der Waals surface area contributed by atoms with Crippen LogP contribution in [0.1, 0.15) is 47.1 Å². The van der Waals surface area contributed by atoms with Crippen LogP contribution in [-0.4, -0.2) is 37.0 Å². The van der Waals surface area contributed by atoms with E-state index in [1.54, 1.807) is 41.5 Å². The third-order valence-electron chi connectivity index (χ3n) is 3.02. The van der Waals surface area contributed by atoms with E-state index in [-0.39, 0.29) is 12.1 Å². The normalized spacial score (nSPS) is 12.1. The number of fused-ring (bicyclic) bond motifs is 1. The maximum absolute atomic E-state index is 14.4. The number of carbonyl (C=O) groups excluding carboxylic acids is 2. The summed E-state index contributed by atoms with van der Waals surface area (Å²) < 4.78 is 33.0. The number of hydrogen-bond donors (Lipinski definition) is 0. The summed E-state index contributed by atoms with van der Waals surface area (Å²) in [7, 11) is 0. The summed E-state index contributed by atoms with van der Waals surface area (Å²) in [6.45, 7) is 9.65. The van der Waals surface area contributed by atoms with Crippen LogP contribution < -0.4 is 0 Å². The monoisotopic (exact) mass is 383 g/mol. The van der Waals surface area contributed by atoms with E-state index >= 15 is 0 Å². The molecule has 0 aliphatic rings. The zero-order valence-corrected chi connectivity index (χ0v) is 16.4. The van der Waals surface area contributed by atoms with Gasteiger partial charge in [0.1, 0.15) is 28.1 Å². The smallest absolute Gasteiger partial charge is 0.420 e. The molecule has 2 aromatic rings. The number of imide groups is 1. The van der Waals surface area contributed by atoms with Crippen molar-refractivity contribution in [2.45, 2.75) is 59.3 Å². The fourth-order valence-electron chi connectivity index (χ4n) is 2.03. The Hall–Kier alpha value is -2.29. The molecular formula is C17H22FN3O4S. The molecule has 0 unspecified atom stereocenters. The quantitative estimate of drug-likeness (QED) is 0.759. The van der Waals surface area contributed by atoms with Crippen LogP contribution in [0.25, 0.3) is 11.0 Å². The average Bonchev–Trinajstić information content (AvgIpc) is 2.90. The standard InChI is InChI=1S/C17H22FN3O4S/c1-16(2,3)24-14(22)21(15(23)25-17(4,5)6)9-10-11(18)7-8-12-13(10)20-26-19-12/h7-8H,9H2,1-6H3. The van der Waals surface area contributed by atoms with Crippen molar-refractivity contribution < 1.29 is 23.5 Å². The van der Waals surface area contributed by atoms with Gasteiger partial charge in [-0.3, -0.25) is 0 Å². The van der Waals surface area contributed by atoms with E-state index in [1.807, 2.05) is 0 Å². The lowest BCUT2D eigenvalue weighted by Crippen LogP contribution is -2.43. The van der Waals surface area contributed by atoms with Gasteiger partial charge in [-0.05, 0) is 53.7 Å². The first-order valence-electron chi connectivity index (χ1n) is 8.00. The molecule has 0 saturated heterocycles. The van der Waals surface area contributed by atoms with Crippen LogP contribution in [-0.2, 0) is 16.0 Å². The van der Waals surface area contributed by atoms with E-state index in [4.69, 9.17) is 9.47 Å². The van der Waals surface area contributed by atoms with Crippen molar-refractivity contribution in [2.75, 3.05) is 0 Å². The van der Waals surface area contributed by atoms with E-state index < -0.39 is 29.2 Å². The zero-order chi connectivity index (χ0) is 19.7. The van der Waals surface area contributed by atoms with Gasteiger partial charge in [0.15, 0.2) is 0 Å². The van der Waals surface area contributed by atoms with E-state index in [0.717, 1.165) is 16.6 Å². The highest BCUT2D eigenvalue weighted by molar-refractivity contribution is 7.00. The molecule has 0 radical (unpaired) electrons. The van der Waals surface area contributed by atoms with Gasteiger partial charge in [-0.25, -0.2) is 18.9 Å². The first-order chi connectivity index (χ1) is 11.9. The molecule has 0 spiro atoms. The molecule has 0 N–H and O–H groups in total. The molecule has 0 aliphatic heterocycles. The number of halogens is 1. The highest BCUT2D eigenvalue weighted by Gasteiger charge is 2.32. The lowest BCUT2D eigenvalue weighted by molar-refractivity contribution is -0.000305. The van der Waals surface area contributed by atoms with Crippen LogP contribution in [0.4, 0.5) is 14.0 Å². The molecule has 0 saturated carbocycles. The van der Waals surface area contributed by atoms with Gasteiger partial charge in [-0.2, -0.15) is 8.75 Å². The maximum Gasteiger partial charge on any atom is 0.420 e. The molecule has 26 heavy (non-hydrogen) atoms.